The smallest absolute Gasteiger partial charge is 0.435 e. The summed E-state index contributed by atoms with van der Waals surface area (Å²) in [5, 5.41) is 21.6. The first-order valence-electron chi connectivity index (χ1n) is 8.77. The standard InChI is InChI=1S/C18H15BrF3N5O2/c1-8(27-13(9-2-3-9)7-14(26-27)18(20,21)22)16(28)25-24-15-11-5-4-10(19)6-12(11)23-17(15)29/h4-9,23,29H,2-3H2,1H3/t8-/m1/s1. The molecule has 0 saturated heterocycles. The number of fused-ring (bicyclic) bond motifs is 1. The third-order valence-corrected chi connectivity index (χ3v) is 5.23. The van der Waals surface area contributed by atoms with Gasteiger partial charge in [-0.25, -0.2) is 0 Å². The molecular formula is C18H15BrF3N5O2. The van der Waals surface area contributed by atoms with E-state index in [2.05, 4.69) is 36.2 Å². The third kappa shape index (κ3) is 3.78. The lowest BCUT2D eigenvalue weighted by molar-refractivity contribution is -0.141. The number of amides is 1. The molecule has 1 atom stereocenters. The maximum Gasteiger partial charge on any atom is 0.435 e. The molecule has 1 aromatic carbocycles. The highest BCUT2D eigenvalue weighted by atomic mass is 79.9. The van der Waals surface area contributed by atoms with Crippen LogP contribution in [0.25, 0.3) is 10.9 Å². The zero-order valence-electron chi connectivity index (χ0n) is 15.0. The van der Waals surface area contributed by atoms with E-state index in [0.717, 1.165) is 28.1 Å². The lowest BCUT2D eigenvalue weighted by Crippen LogP contribution is -2.18. The van der Waals surface area contributed by atoms with E-state index in [1.807, 2.05) is 0 Å². The van der Waals surface area contributed by atoms with Gasteiger partial charge in [0.2, 0.25) is 5.88 Å². The van der Waals surface area contributed by atoms with Gasteiger partial charge in [0.25, 0.3) is 5.91 Å². The van der Waals surface area contributed by atoms with E-state index in [-0.39, 0.29) is 17.5 Å². The molecule has 0 aliphatic heterocycles. The minimum Gasteiger partial charge on any atom is -0.493 e. The number of carbonyl (C=O) groups excluding carboxylic acids is 1. The molecule has 1 aliphatic carbocycles. The van der Waals surface area contributed by atoms with Crippen molar-refractivity contribution in [3.05, 3.63) is 40.1 Å². The van der Waals surface area contributed by atoms with Crippen LogP contribution in [0.15, 0.2) is 39.0 Å². The third-order valence-electron chi connectivity index (χ3n) is 4.74. The van der Waals surface area contributed by atoms with Gasteiger partial charge in [0.1, 0.15) is 6.04 Å². The van der Waals surface area contributed by atoms with Gasteiger partial charge in [-0.1, -0.05) is 15.9 Å². The molecule has 1 aliphatic rings. The van der Waals surface area contributed by atoms with Gasteiger partial charge in [-0.15, -0.1) is 10.2 Å². The van der Waals surface area contributed by atoms with Gasteiger partial charge in [0.05, 0.1) is 5.52 Å². The number of hydrogen-bond donors (Lipinski definition) is 2. The summed E-state index contributed by atoms with van der Waals surface area (Å²) in [6.07, 6.45) is -3.09. The van der Waals surface area contributed by atoms with Crippen molar-refractivity contribution in [2.24, 2.45) is 10.2 Å². The molecule has 11 heteroatoms. The molecule has 0 radical (unpaired) electrons. The molecule has 4 rings (SSSR count). The van der Waals surface area contributed by atoms with Crippen LogP contribution in [0.4, 0.5) is 18.9 Å². The molecule has 0 unspecified atom stereocenters. The van der Waals surface area contributed by atoms with Gasteiger partial charge >= 0.3 is 6.18 Å². The van der Waals surface area contributed by atoms with E-state index < -0.39 is 23.8 Å². The average Bonchev–Trinajstić information content (AvgIpc) is 3.30. The first-order chi connectivity index (χ1) is 13.6. The Morgan fingerprint density at radius 1 is 1.38 bits per heavy atom. The Labute approximate surface area is 170 Å². The summed E-state index contributed by atoms with van der Waals surface area (Å²) in [6.45, 7) is 1.42. The van der Waals surface area contributed by atoms with E-state index in [1.165, 1.54) is 6.92 Å². The first-order valence-corrected chi connectivity index (χ1v) is 9.57. The van der Waals surface area contributed by atoms with Crippen LogP contribution in [0.5, 0.6) is 5.88 Å². The maximum atomic E-state index is 13.0. The van der Waals surface area contributed by atoms with Crippen molar-refractivity contribution in [2.75, 3.05) is 0 Å². The zero-order chi connectivity index (χ0) is 20.9. The number of aromatic amines is 1. The quantitative estimate of drug-likeness (QED) is 0.486. The second-order valence-electron chi connectivity index (χ2n) is 6.90. The van der Waals surface area contributed by atoms with Gasteiger partial charge in [0.15, 0.2) is 11.4 Å². The molecule has 2 aromatic heterocycles. The maximum absolute atomic E-state index is 13.0. The van der Waals surface area contributed by atoms with Gasteiger partial charge in [-0.2, -0.15) is 18.3 Å². The number of alkyl halides is 3. The summed E-state index contributed by atoms with van der Waals surface area (Å²) in [4.78, 5) is 15.2. The highest BCUT2D eigenvalue weighted by molar-refractivity contribution is 9.10. The predicted molar refractivity (Wildman–Crippen MR) is 101 cm³/mol. The van der Waals surface area contributed by atoms with Crippen LogP contribution in [0.2, 0.25) is 0 Å². The summed E-state index contributed by atoms with van der Waals surface area (Å²) < 4.78 is 41.0. The SMILES string of the molecule is C[C@H](C(=O)N=Nc1c(O)[nH]c2cc(Br)ccc12)n1nc(C(F)(F)F)cc1C1CC1. The second-order valence-corrected chi connectivity index (χ2v) is 7.81. The molecule has 3 aromatic rings. The summed E-state index contributed by atoms with van der Waals surface area (Å²) in [5.74, 6) is -1.07. The fraction of sp³-hybridized carbons (Fsp3) is 0.333. The number of azo groups is 1. The minimum atomic E-state index is -4.59. The molecule has 7 nitrogen and oxygen atoms in total. The fourth-order valence-corrected chi connectivity index (χ4v) is 3.43. The number of halogens is 4. The zero-order valence-corrected chi connectivity index (χ0v) is 16.6. The summed E-state index contributed by atoms with van der Waals surface area (Å²) in [5.41, 5.74) is 0.000144. The van der Waals surface area contributed by atoms with Crippen LogP contribution in [0.1, 0.15) is 43.1 Å². The van der Waals surface area contributed by atoms with Crippen LogP contribution < -0.4 is 0 Å². The second kappa shape index (κ2) is 6.97. The van der Waals surface area contributed by atoms with Crippen molar-refractivity contribution >= 4 is 38.4 Å². The lowest BCUT2D eigenvalue weighted by Gasteiger charge is -2.11. The normalized spacial score (nSPS) is 16.0. The number of rotatable bonds is 4. The molecule has 1 fully saturated rings. The molecule has 1 amide bonds. The number of H-pyrrole nitrogens is 1. The Balaban J connectivity index is 1.63. The topological polar surface area (TPSA) is 95.6 Å². The first kappa shape index (κ1) is 19.6. The van der Waals surface area contributed by atoms with E-state index >= 15 is 0 Å². The lowest BCUT2D eigenvalue weighted by atomic mass is 10.2. The van der Waals surface area contributed by atoms with Crippen molar-refractivity contribution in [1.82, 2.24) is 14.8 Å². The molecule has 2 N–H and O–H groups in total. The van der Waals surface area contributed by atoms with Crippen molar-refractivity contribution in [3.8, 4) is 5.88 Å². The van der Waals surface area contributed by atoms with E-state index in [0.29, 0.717) is 16.6 Å². The van der Waals surface area contributed by atoms with Crippen LogP contribution in [-0.4, -0.2) is 25.8 Å². The van der Waals surface area contributed by atoms with Crippen molar-refractivity contribution in [1.29, 1.82) is 0 Å². The van der Waals surface area contributed by atoms with E-state index in [9.17, 15) is 23.1 Å². The van der Waals surface area contributed by atoms with Crippen LogP contribution in [-0.2, 0) is 11.0 Å². The number of hydrogen-bond acceptors (Lipinski definition) is 4. The van der Waals surface area contributed by atoms with Crippen LogP contribution >= 0.6 is 15.9 Å². The Hall–Kier alpha value is -2.69. The Bertz CT molecular complexity index is 1130. The highest BCUT2D eigenvalue weighted by Crippen LogP contribution is 2.43. The van der Waals surface area contributed by atoms with Crippen molar-refractivity contribution in [3.63, 3.8) is 0 Å². The Morgan fingerprint density at radius 2 is 2.10 bits per heavy atom. The number of carbonyl (C=O) groups is 1. The number of benzene rings is 1. The van der Waals surface area contributed by atoms with Gasteiger partial charge in [0, 0.05) is 21.5 Å². The molecule has 0 spiro atoms. The molecule has 0 bridgehead atoms. The Kier molecular flexibility index (Phi) is 4.72. The molecule has 152 valence electrons. The number of nitrogens with zero attached hydrogens (tertiary/aromatic N) is 4. The van der Waals surface area contributed by atoms with Gasteiger partial charge in [-0.3, -0.25) is 9.48 Å². The van der Waals surface area contributed by atoms with Crippen LogP contribution in [0.3, 0.4) is 0 Å². The van der Waals surface area contributed by atoms with E-state index in [1.54, 1.807) is 18.2 Å². The van der Waals surface area contributed by atoms with E-state index in [4.69, 9.17) is 0 Å². The predicted octanol–water partition coefficient (Wildman–Crippen LogP) is 5.60. The summed E-state index contributed by atoms with van der Waals surface area (Å²) >= 11 is 3.31. The van der Waals surface area contributed by atoms with Crippen LogP contribution in [0, 0.1) is 0 Å². The monoisotopic (exact) mass is 469 g/mol. The Morgan fingerprint density at radius 3 is 2.76 bits per heavy atom. The summed E-state index contributed by atoms with van der Waals surface area (Å²) in [7, 11) is 0. The largest absolute Gasteiger partial charge is 0.493 e. The number of aromatic hydroxyl groups is 1. The minimum absolute atomic E-state index is 0.0399. The van der Waals surface area contributed by atoms with Crippen molar-refractivity contribution < 1.29 is 23.1 Å². The molecule has 2 heterocycles. The van der Waals surface area contributed by atoms with Crippen molar-refractivity contribution in [2.45, 2.75) is 37.9 Å². The summed E-state index contributed by atoms with van der Waals surface area (Å²) in [6, 6.07) is 5.08. The molecule has 29 heavy (non-hydrogen) atoms. The number of aromatic nitrogens is 3. The average molecular weight is 470 g/mol. The fourth-order valence-electron chi connectivity index (χ4n) is 3.07. The van der Waals surface area contributed by atoms with Gasteiger partial charge < -0.3 is 10.1 Å². The molecular weight excluding hydrogens is 455 g/mol. The molecule has 1 saturated carbocycles. The highest BCUT2D eigenvalue weighted by Gasteiger charge is 2.39. The number of nitrogens with one attached hydrogen (secondary N) is 1. The van der Waals surface area contributed by atoms with Gasteiger partial charge in [-0.05, 0) is 44.0 Å².